The summed E-state index contributed by atoms with van der Waals surface area (Å²) in [5, 5.41) is 16.6. The van der Waals surface area contributed by atoms with Gasteiger partial charge in [-0.3, -0.25) is 0 Å². The lowest BCUT2D eigenvalue weighted by atomic mass is 10.2. The zero-order valence-corrected chi connectivity index (χ0v) is 7.24. The van der Waals surface area contributed by atoms with E-state index in [9.17, 15) is 9.50 Å². The number of aromatic hydroxyl groups is 1. The quantitative estimate of drug-likeness (QED) is 0.662. The number of aryl methyl sites for hydroxylation is 1. The lowest BCUT2D eigenvalue weighted by Gasteiger charge is -2.01. The lowest BCUT2D eigenvalue weighted by molar-refractivity contribution is 0.464. The highest BCUT2D eigenvalue weighted by molar-refractivity contribution is 5.78. The van der Waals surface area contributed by atoms with E-state index < -0.39 is 5.82 Å². The van der Waals surface area contributed by atoms with Gasteiger partial charge in [-0.1, -0.05) is 5.21 Å². The van der Waals surface area contributed by atoms with Gasteiger partial charge in [0.05, 0.1) is 0 Å². The molecular weight excluding hydrogens is 173 g/mol. The van der Waals surface area contributed by atoms with Crippen LogP contribution in [0.1, 0.15) is 5.56 Å². The molecule has 0 saturated heterocycles. The molecule has 0 aliphatic heterocycles. The molecule has 0 spiro atoms. The van der Waals surface area contributed by atoms with Crippen molar-refractivity contribution in [3.05, 3.63) is 17.4 Å². The van der Waals surface area contributed by atoms with Crippen molar-refractivity contribution < 1.29 is 9.50 Å². The Hall–Kier alpha value is -1.65. The SMILES string of the molecule is Cc1c(O)cc2nnn(C)c2c1F. The molecule has 1 aromatic carbocycles. The summed E-state index contributed by atoms with van der Waals surface area (Å²) in [6, 6.07) is 1.40. The van der Waals surface area contributed by atoms with Crippen molar-refractivity contribution in [1.82, 2.24) is 15.0 Å². The number of nitrogens with zero attached hydrogens (tertiary/aromatic N) is 3. The number of aromatic nitrogens is 3. The van der Waals surface area contributed by atoms with Crippen LogP contribution >= 0.6 is 0 Å². The zero-order valence-electron chi connectivity index (χ0n) is 7.24. The summed E-state index contributed by atoms with van der Waals surface area (Å²) in [6.45, 7) is 1.51. The summed E-state index contributed by atoms with van der Waals surface area (Å²) in [5.74, 6) is -0.562. The van der Waals surface area contributed by atoms with Crippen LogP contribution in [0.5, 0.6) is 5.75 Å². The summed E-state index contributed by atoms with van der Waals surface area (Å²) in [5.41, 5.74) is 0.899. The highest BCUT2D eigenvalue weighted by atomic mass is 19.1. The van der Waals surface area contributed by atoms with Gasteiger partial charge >= 0.3 is 0 Å². The van der Waals surface area contributed by atoms with Crippen molar-refractivity contribution in [1.29, 1.82) is 0 Å². The molecule has 5 heteroatoms. The summed E-state index contributed by atoms with van der Waals surface area (Å²) >= 11 is 0. The van der Waals surface area contributed by atoms with E-state index in [2.05, 4.69) is 10.3 Å². The van der Waals surface area contributed by atoms with Gasteiger partial charge in [-0.15, -0.1) is 5.10 Å². The Morgan fingerprint density at radius 2 is 2.23 bits per heavy atom. The van der Waals surface area contributed by atoms with Crippen molar-refractivity contribution in [3.63, 3.8) is 0 Å². The minimum absolute atomic E-state index is 0.0921. The molecule has 0 unspecified atom stereocenters. The molecule has 0 fully saturated rings. The first-order chi connectivity index (χ1) is 6.11. The molecule has 0 amide bonds. The third kappa shape index (κ3) is 0.965. The fourth-order valence-corrected chi connectivity index (χ4v) is 1.25. The summed E-state index contributed by atoms with van der Waals surface area (Å²) < 4.78 is 14.8. The fourth-order valence-electron chi connectivity index (χ4n) is 1.25. The van der Waals surface area contributed by atoms with Gasteiger partial charge in [0.2, 0.25) is 0 Å². The molecule has 0 atom stereocenters. The second-order valence-corrected chi connectivity index (χ2v) is 2.92. The Labute approximate surface area is 73.6 Å². The van der Waals surface area contributed by atoms with Crippen LogP contribution in [0.4, 0.5) is 4.39 Å². The molecule has 0 bridgehead atoms. The van der Waals surface area contributed by atoms with Crippen molar-refractivity contribution in [2.24, 2.45) is 7.05 Å². The van der Waals surface area contributed by atoms with Crippen molar-refractivity contribution in [2.45, 2.75) is 6.92 Å². The maximum Gasteiger partial charge on any atom is 0.157 e. The van der Waals surface area contributed by atoms with E-state index in [0.717, 1.165) is 0 Å². The van der Waals surface area contributed by atoms with Gasteiger partial charge in [0.1, 0.15) is 16.8 Å². The Kier molecular flexibility index (Phi) is 1.48. The average molecular weight is 181 g/mol. The maximum atomic E-state index is 13.5. The van der Waals surface area contributed by atoms with E-state index in [4.69, 9.17) is 0 Å². The number of benzene rings is 1. The van der Waals surface area contributed by atoms with Gasteiger partial charge < -0.3 is 5.11 Å². The third-order valence-corrected chi connectivity index (χ3v) is 2.05. The van der Waals surface area contributed by atoms with Crippen molar-refractivity contribution in [2.75, 3.05) is 0 Å². The van der Waals surface area contributed by atoms with Crippen LogP contribution in [0.15, 0.2) is 6.07 Å². The van der Waals surface area contributed by atoms with E-state index >= 15 is 0 Å². The van der Waals surface area contributed by atoms with Crippen LogP contribution in [0.3, 0.4) is 0 Å². The molecule has 13 heavy (non-hydrogen) atoms. The van der Waals surface area contributed by atoms with E-state index in [1.807, 2.05) is 0 Å². The normalized spacial score (nSPS) is 11.0. The Bertz CT molecular complexity index is 478. The van der Waals surface area contributed by atoms with Gasteiger partial charge in [0, 0.05) is 18.7 Å². The molecule has 0 saturated carbocycles. The van der Waals surface area contributed by atoms with Gasteiger partial charge in [0.15, 0.2) is 5.82 Å². The first-order valence-corrected chi connectivity index (χ1v) is 3.78. The zero-order chi connectivity index (χ0) is 9.59. The van der Waals surface area contributed by atoms with Crippen LogP contribution in [0.25, 0.3) is 11.0 Å². The summed E-state index contributed by atoms with van der Waals surface area (Å²) in [6.07, 6.45) is 0. The second-order valence-electron chi connectivity index (χ2n) is 2.92. The van der Waals surface area contributed by atoms with Crippen LogP contribution in [-0.4, -0.2) is 20.1 Å². The first-order valence-electron chi connectivity index (χ1n) is 3.78. The van der Waals surface area contributed by atoms with E-state index in [0.29, 0.717) is 11.0 Å². The molecule has 0 radical (unpaired) electrons. The first kappa shape index (κ1) is 7.97. The van der Waals surface area contributed by atoms with Gasteiger partial charge in [0.25, 0.3) is 0 Å². The second kappa shape index (κ2) is 2.42. The molecule has 2 rings (SSSR count). The lowest BCUT2D eigenvalue weighted by Crippen LogP contribution is -1.94. The predicted octanol–water partition coefficient (Wildman–Crippen LogP) is 1.12. The largest absolute Gasteiger partial charge is 0.507 e. The molecule has 0 aliphatic carbocycles. The van der Waals surface area contributed by atoms with E-state index in [1.165, 1.54) is 17.7 Å². The standard InChI is InChI=1S/C8H8FN3O/c1-4-6(13)3-5-8(7(4)9)12(2)11-10-5/h3,13H,1-2H3. The van der Waals surface area contributed by atoms with Gasteiger partial charge in [-0.2, -0.15) is 0 Å². The van der Waals surface area contributed by atoms with Crippen LogP contribution < -0.4 is 0 Å². The smallest absolute Gasteiger partial charge is 0.157 e. The van der Waals surface area contributed by atoms with Crippen molar-refractivity contribution >= 4 is 11.0 Å². The monoisotopic (exact) mass is 181 g/mol. The fraction of sp³-hybridized carbons (Fsp3) is 0.250. The maximum absolute atomic E-state index is 13.5. The molecule has 1 aromatic heterocycles. The molecule has 1 N–H and O–H groups in total. The number of fused-ring (bicyclic) bond motifs is 1. The third-order valence-electron chi connectivity index (χ3n) is 2.05. The number of phenols is 1. The molecule has 1 heterocycles. The minimum atomic E-state index is -0.470. The van der Waals surface area contributed by atoms with E-state index in [1.54, 1.807) is 7.05 Å². The molecule has 0 aliphatic rings. The van der Waals surface area contributed by atoms with Crippen LogP contribution in [0.2, 0.25) is 0 Å². The highest BCUT2D eigenvalue weighted by Crippen LogP contribution is 2.26. The Morgan fingerprint density at radius 1 is 1.54 bits per heavy atom. The number of phenolic OH excluding ortho intramolecular Hbond substituents is 1. The topological polar surface area (TPSA) is 50.9 Å². The highest BCUT2D eigenvalue weighted by Gasteiger charge is 2.13. The molecule has 68 valence electrons. The number of hydrogen-bond donors (Lipinski definition) is 1. The Balaban J connectivity index is 2.97. The van der Waals surface area contributed by atoms with Crippen LogP contribution in [0, 0.1) is 12.7 Å². The average Bonchev–Trinajstić information content (AvgIpc) is 2.43. The summed E-state index contributed by atoms with van der Waals surface area (Å²) in [4.78, 5) is 0. The van der Waals surface area contributed by atoms with Crippen LogP contribution in [-0.2, 0) is 7.05 Å². The number of halogens is 1. The Morgan fingerprint density at radius 3 is 2.92 bits per heavy atom. The predicted molar refractivity (Wildman–Crippen MR) is 44.9 cm³/mol. The number of hydrogen-bond acceptors (Lipinski definition) is 3. The summed E-state index contributed by atoms with van der Waals surface area (Å²) in [7, 11) is 1.61. The van der Waals surface area contributed by atoms with E-state index in [-0.39, 0.29) is 11.3 Å². The number of rotatable bonds is 0. The molecule has 4 nitrogen and oxygen atoms in total. The minimum Gasteiger partial charge on any atom is -0.507 e. The molecular formula is C8H8FN3O. The van der Waals surface area contributed by atoms with Gasteiger partial charge in [-0.05, 0) is 6.92 Å². The van der Waals surface area contributed by atoms with Gasteiger partial charge in [-0.25, -0.2) is 9.07 Å². The molecule has 2 aromatic rings. The van der Waals surface area contributed by atoms with Crippen molar-refractivity contribution in [3.8, 4) is 5.75 Å².